The topological polar surface area (TPSA) is 116 Å². The third-order valence-corrected chi connectivity index (χ3v) is 11.3. The van der Waals surface area contributed by atoms with Gasteiger partial charge < -0.3 is 24.3 Å². The Labute approximate surface area is 281 Å². The number of fused-ring (bicyclic) bond motifs is 4. The molecule has 6 rings (SSSR count). The fourth-order valence-corrected chi connectivity index (χ4v) is 7.88. The molecule has 2 aliphatic heterocycles. The van der Waals surface area contributed by atoms with Gasteiger partial charge in [-0.25, -0.2) is 19.7 Å². The van der Waals surface area contributed by atoms with Gasteiger partial charge in [-0.1, -0.05) is 37.3 Å². The van der Waals surface area contributed by atoms with E-state index in [2.05, 4.69) is 34.8 Å². The van der Waals surface area contributed by atoms with Crippen LogP contribution >= 0.6 is 11.6 Å². The average molecular weight is 680 g/mol. The van der Waals surface area contributed by atoms with Crippen molar-refractivity contribution in [2.24, 2.45) is 7.05 Å². The van der Waals surface area contributed by atoms with Crippen LogP contribution in [-0.2, 0) is 23.3 Å². The number of halogens is 1. The van der Waals surface area contributed by atoms with Gasteiger partial charge in [-0.2, -0.15) is 0 Å². The molecule has 252 valence electrons. The molecule has 2 bridgehead atoms. The van der Waals surface area contributed by atoms with Crippen LogP contribution in [0.5, 0.6) is 0 Å². The van der Waals surface area contributed by atoms with Gasteiger partial charge in [0.25, 0.3) is 5.56 Å². The number of alkyl carbamates (subject to hydrolysis) is 1. The number of nitrogens with one attached hydrogen (secondary N) is 1. The molecule has 0 spiro atoms. The molecule has 1 N–H and O–H groups in total. The Kier molecular flexibility index (Phi) is 8.90. The first-order valence-electron chi connectivity index (χ1n) is 16.5. The Bertz CT molecular complexity index is 1880. The van der Waals surface area contributed by atoms with Gasteiger partial charge >= 0.3 is 6.09 Å². The summed E-state index contributed by atoms with van der Waals surface area (Å²) in [5.41, 5.74) is 2.70. The average Bonchev–Trinajstić information content (AvgIpc) is 3.46. The van der Waals surface area contributed by atoms with E-state index < -0.39 is 13.7 Å². The van der Waals surface area contributed by atoms with Crippen LogP contribution in [0.4, 0.5) is 10.6 Å². The number of aromatic nitrogens is 5. The first-order chi connectivity index (χ1) is 22.1. The lowest BCUT2D eigenvalue weighted by atomic mass is 9.97. The van der Waals surface area contributed by atoms with Crippen LogP contribution in [0.1, 0.15) is 52.3 Å². The number of benzene rings is 1. The van der Waals surface area contributed by atoms with E-state index in [1.54, 1.807) is 14.0 Å². The van der Waals surface area contributed by atoms with Crippen molar-refractivity contribution >= 4 is 53.7 Å². The molecule has 0 aliphatic carbocycles. The quantitative estimate of drug-likeness (QED) is 0.163. The van der Waals surface area contributed by atoms with E-state index in [4.69, 9.17) is 31.0 Å². The lowest BCUT2D eigenvalue weighted by Gasteiger charge is -2.39. The molecule has 11 nitrogen and oxygen atoms in total. The highest BCUT2D eigenvalue weighted by Gasteiger charge is 2.42. The Morgan fingerprint density at radius 2 is 1.81 bits per heavy atom. The number of aryl methyl sites for hydroxylation is 1. The molecule has 13 heteroatoms. The van der Waals surface area contributed by atoms with Crippen LogP contribution in [0.15, 0.2) is 29.3 Å². The van der Waals surface area contributed by atoms with Gasteiger partial charge in [-0.05, 0) is 65.5 Å². The predicted octanol–water partition coefficient (Wildman–Crippen LogP) is 6.64. The second-order valence-corrected chi connectivity index (χ2v) is 21.2. The lowest BCUT2D eigenvalue weighted by Crippen LogP contribution is -2.51. The molecule has 5 heterocycles. The number of carbonyl (C=O) groups is 1. The fourth-order valence-electron chi connectivity index (χ4n) is 6.78. The Morgan fingerprint density at radius 1 is 1.11 bits per heavy atom. The Balaban J connectivity index is 1.35. The maximum atomic E-state index is 13.3. The van der Waals surface area contributed by atoms with Crippen LogP contribution < -0.4 is 15.8 Å². The number of hydrogen-bond acceptors (Lipinski definition) is 8. The number of hydrogen-bond donors (Lipinski definition) is 1. The van der Waals surface area contributed by atoms with Crippen LogP contribution in [0.3, 0.4) is 0 Å². The number of ether oxygens (including phenoxy) is 2. The van der Waals surface area contributed by atoms with E-state index >= 15 is 0 Å². The largest absolute Gasteiger partial charge is 0.444 e. The van der Waals surface area contributed by atoms with Crippen LogP contribution in [-0.4, -0.2) is 68.6 Å². The van der Waals surface area contributed by atoms with Crippen molar-refractivity contribution in [3.05, 3.63) is 45.7 Å². The standard InChI is InChI=1S/C34H46ClN7O4Si/c1-20-37-26-12-11-24(29(35)28(26)32(43)40(20)5)25-18-41(19-45-13-14-47(6,7)8)31-30(25)36-17-27(39-31)42-22-9-10-23(42)16-21(15-22)38-33(44)46-34(2,3)4/h11-12,17-18,21-23H,9-10,13-16,19H2,1-8H3,(H,38,44). The number of nitrogens with zero attached hydrogens (tertiary/aromatic N) is 6. The van der Waals surface area contributed by atoms with Crippen molar-refractivity contribution in [3.8, 4) is 11.1 Å². The van der Waals surface area contributed by atoms with E-state index in [-0.39, 0.29) is 29.8 Å². The third-order valence-electron chi connectivity index (χ3n) is 9.20. The van der Waals surface area contributed by atoms with E-state index in [9.17, 15) is 9.59 Å². The zero-order valence-corrected chi connectivity index (χ0v) is 30.4. The second kappa shape index (κ2) is 12.5. The molecule has 2 aliphatic rings. The summed E-state index contributed by atoms with van der Waals surface area (Å²) in [5.74, 6) is 1.43. The lowest BCUT2D eigenvalue weighted by molar-refractivity contribution is 0.0492. The van der Waals surface area contributed by atoms with E-state index in [1.165, 1.54) is 4.57 Å². The van der Waals surface area contributed by atoms with Gasteiger partial charge in [0.05, 0.1) is 22.1 Å². The summed E-state index contributed by atoms with van der Waals surface area (Å²) in [7, 11) is 0.431. The summed E-state index contributed by atoms with van der Waals surface area (Å²) >= 11 is 6.99. The monoisotopic (exact) mass is 679 g/mol. The highest BCUT2D eigenvalue weighted by Crippen LogP contribution is 2.41. The van der Waals surface area contributed by atoms with Crippen molar-refractivity contribution < 1.29 is 14.3 Å². The van der Waals surface area contributed by atoms with Gasteiger partial charge in [-0.3, -0.25) is 9.36 Å². The summed E-state index contributed by atoms with van der Waals surface area (Å²) in [6.07, 6.45) is 7.14. The van der Waals surface area contributed by atoms with Crippen molar-refractivity contribution in [1.82, 2.24) is 29.4 Å². The summed E-state index contributed by atoms with van der Waals surface area (Å²) < 4.78 is 15.2. The van der Waals surface area contributed by atoms with Gasteiger partial charge in [0.1, 0.15) is 29.5 Å². The first kappa shape index (κ1) is 33.4. The van der Waals surface area contributed by atoms with E-state index in [1.807, 2.05) is 49.9 Å². The highest BCUT2D eigenvalue weighted by atomic mass is 35.5. The summed E-state index contributed by atoms with van der Waals surface area (Å²) in [5, 5.41) is 3.82. The zero-order chi connectivity index (χ0) is 33.8. The van der Waals surface area contributed by atoms with Crippen molar-refractivity contribution in [1.29, 1.82) is 0 Å². The summed E-state index contributed by atoms with van der Waals surface area (Å²) in [6, 6.07) is 5.31. The first-order valence-corrected chi connectivity index (χ1v) is 20.6. The molecule has 1 amide bonds. The molecule has 2 unspecified atom stereocenters. The molecule has 2 atom stereocenters. The van der Waals surface area contributed by atoms with Gasteiger partial charge in [-0.15, -0.1) is 0 Å². The van der Waals surface area contributed by atoms with Crippen molar-refractivity contribution in [2.45, 2.75) is 110 Å². The van der Waals surface area contributed by atoms with Crippen LogP contribution in [0, 0.1) is 6.92 Å². The van der Waals surface area contributed by atoms with Gasteiger partial charge in [0, 0.05) is 57.2 Å². The molecule has 47 heavy (non-hydrogen) atoms. The van der Waals surface area contributed by atoms with E-state index in [0.29, 0.717) is 51.8 Å². The SMILES string of the molecule is Cc1nc2ccc(-c3cn(COCC[Si](C)(C)C)c4nc(N5C6CCC5CC(NC(=O)OC(C)(C)C)C6)cnc34)c(Cl)c2c(=O)n1C. The molecule has 0 radical (unpaired) electrons. The highest BCUT2D eigenvalue weighted by molar-refractivity contribution is 6.76. The molecule has 2 saturated heterocycles. The third kappa shape index (κ3) is 6.91. The maximum absolute atomic E-state index is 13.3. The van der Waals surface area contributed by atoms with Crippen LogP contribution in [0.2, 0.25) is 30.7 Å². The zero-order valence-electron chi connectivity index (χ0n) is 28.7. The molecular formula is C34H46ClN7O4Si. The summed E-state index contributed by atoms with van der Waals surface area (Å²) in [4.78, 5) is 42.9. The normalized spacial score (nSPS) is 19.9. The van der Waals surface area contributed by atoms with Gasteiger partial charge in [0.15, 0.2) is 5.65 Å². The number of piperidine rings is 1. The molecule has 2 fully saturated rings. The number of amides is 1. The predicted molar refractivity (Wildman–Crippen MR) is 189 cm³/mol. The number of carbonyl (C=O) groups excluding carboxylic acids is 1. The second-order valence-electron chi connectivity index (χ2n) is 15.2. The van der Waals surface area contributed by atoms with Gasteiger partial charge in [0.2, 0.25) is 0 Å². The molecule has 4 aromatic rings. The van der Waals surface area contributed by atoms with Crippen molar-refractivity contribution in [3.63, 3.8) is 0 Å². The minimum Gasteiger partial charge on any atom is -0.444 e. The van der Waals surface area contributed by atoms with Crippen molar-refractivity contribution in [2.75, 3.05) is 11.5 Å². The fraction of sp³-hybridized carbons (Fsp3) is 0.559. The molecular weight excluding hydrogens is 634 g/mol. The molecule has 0 saturated carbocycles. The number of anilines is 1. The van der Waals surface area contributed by atoms with Crippen LogP contribution in [0.25, 0.3) is 33.2 Å². The minimum absolute atomic E-state index is 0.0477. The Hall–Kier alpha value is -3.48. The summed E-state index contributed by atoms with van der Waals surface area (Å²) in [6.45, 7) is 15.4. The molecule has 3 aromatic heterocycles. The number of rotatable bonds is 8. The maximum Gasteiger partial charge on any atom is 0.407 e. The van der Waals surface area contributed by atoms with E-state index in [0.717, 1.165) is 43.1 Å². The molecule has 1 aromatic carbocycles. The minimum atomic E-state index is -1.27. The smallest absolute Gasteiger partial charge is 0.407 e. The Morgan fingerprint density at radius 3 is 2.47 bits per heavy atom.